The molecule has 1 aromatic heterocycles. The van der Waals surface area contributed by atoms with Gasteiger partial charge < -0.3 is 26.0 Å². The largest absolute Gasteiger partial charge is 0.506 e. The first kappa shape index (κ1) is 30.6. The van der Waals surface area contributed by atoms with Gasteiger partial charge in [0.1, 0.15) is 10.8 Å². The van der Waals surface area contributed by atoms with E-state index in [1.807, 2.05) is 0 Å². The molecule has 0 atom stereocenters. The van der Waals surface area contributed by atoms with Crippen LogP contribution in [0, 0.1) is 5.92 Å². The highest BCUT2D eigenvalue weighted by molar-refractivity contribution is 7.92. The lowest BCUT2D eigenvalue weighted by Gasteiger charge is -2.37. The maximum absolute atomic E-state index is 12.9. The number of halogens is 1. The highest BCUT2D eigenvalue weighted by Crippen LogP contribution is 2.39. The summed E-state index contributed by atoms with van der Waals surface area (Å²) in [5, 5.41) is 19.4. The molecule has 1 aliphatic heterocycles. The second kappa shape index (κ2) is 12.8. The second-order valence-corrected chi connectivity index (χ2v) is 13.9. The molecular formula is C30H36ClN7O4S. The number of sulfone groups is 1. The number of piperazine rings is 1. The molecule has 0 spiro atoms. The van der Waals surface area contributed by atoms with E-state index in [1.165, 1.54) is 31.2 Å². The van der Waals surface area contributed by atoms with Crippen LogP contribution in [0.2, 0.25) is 5.02 Å². The lowest BCUT2D eigenvalue weighted by atomic mass is 10.1. The number of rotatable bonds is 11. The number of nitrogens with one attached hydrogen (secondary N) is 3. The zero-order valence-electron chi connectivity index (χ0n) is 24.2. The Balaban J connectivity index is 1.40. The van der Waals surface area contributed by atoms with Gasteiger partial charge in [0.2, 0.25) is 11.9 Å². The number of nitrogens with zero attached hydrogens (tertiary/aromatic N) is 4. The number of aromatic hydroxyl groups is 1. The molecule has 11 nitrogen and oxygen atoms in total. The Hall–Kier alpha value is -3.87. The number of aromatic nitrogens is 2. The van der Waals surface area contributed by atoms with Crippen LogP contribution in [0.25, 0.3) is 0 Å². The maximum atomic E-state index is 12.9. The van der Waals surface area contributed by atoms with Crippen molar-refractivity contribution in [2.75, 3.05) is 53.6 Å². The van der Waals surface area contributed by atoms with E-state index >= 15 is 0 Å². The predicted octanol–water partition coefficient (Wildman–Crippen LogP) is 5.16. The summed E-state index contributed by atoms with van der Waals surface area (Å²) < 4.78 is 25.8. The van der Waals surface area contributed by atoms with Crippen molar-refractivity contribution < 1.29 is 18.3 Å². The fraction of sp³-hybridized carbons (Fsp3) is 0.367. The molecule has 1 saturated heterocycles. The number of phenols is 1. The van der Waals surface area contributed by atoms with E-state index in [9.17, 15) is 18.3 Å². The third-order valence-corrected chi connectivity index (χ3v) is 10.0. The minimum atomic E-state index is -3.59. The van der Waals surface area contributed by atoms with Crippen LogP contribution in [0.4, 0.5) is 34.5 Å². The Kier molecular flexibility index (Phi) is 9.09. The SMILES string of the molecule is C=CC(=O)Nc1cc(Nc2ncc(Cl)c(Nc3ccccc3S(=O)(=O)C(C)C)n2)c(O)cc1N1CCN(CC2CC2)CC1. The van der Waals surface area contributed by atoms with E-state index in [-0.39, 0.29) is 39.0 Å². The fourth-order valence-electron chi connectivity index (χ4n) is 4.89. The van der Waals surface area contributed by atoms with Gasteiger partial charge in [-0.25, -0.2) is 13.4 Å². The lowest BCUT2D eigenvalue weighted by molar-refractivity contribution is -0.111. The van der Waals surface area contributed by atoms with Crippen molar-refractivity contribution in [1.82, 2.24) is 14.9 Å². The maximum Gasteiger partial charge on any atom is 0.247 e. The van der Waals surface area contributed by atoms with Crippen LogP contribution in [-0.2, 0) is 14.6 Å². The second-order valence-electron chi connectivity index (χ2n) is 11.0. The van der Waals surface area contributed by atoms with Crippen molar-refractivity contribution in [2.45, 2.75) is 36.8 Å². The van der Waals surface area contributed by atoms with Crippen LogP contribution in [0.3, 0.4) is 0 Å². The van der Waals surface area contributed by atoms with Gasteiger partial charge in [0.05, 0.1) is 39.1 Å². The number of carbonyl (C=O) groups is 1. The number of phenolic OH excluding ortho intramolecular Hbond substituents is 1. The van der Waals surface area contributed by atoms with Gasteiger partial charge in [-0.1, -0.05) is 30.3 Å². The minimum Gasteiger partial charge on any atom is -0.506 e. The summed E-state index contributed by atoms with van der Waals surface area (Å²) in [7, 11) is -3.59. The minimum absolute atomic E-state index is 0.0616. The highest BCUT2D eigenvalue weighted by atomic mass is 35.5. The molecule has 43 heavy (non-hydrogen) atoms. The number of hydrogen-bond acceptors (Lipinski definition) is 10. The number of benzene rings is 2. The van der Waals surface area contributed by atoms with Crippen LogP contribution in [0.1, 0.15) is 26.7 Å². The first-order valence-corrected chi connectivity index (χ1v) is 16.1. The zero-order chi connectivity index (χ0) is 30.7. The average Bonchev–Trinajstić information content (AvgIpc) is 3.81. The molecule has 4 N–H and O–H groups in total. The summed E-state index contributed by atoms with van der Waals surface area (Å²) in [5.41, 5.74) is 1.78. The van der Waals surface area contributed by atoms with Crippen molar-refractivity contribution in [3.63, 3.8) is 0 Å². The monoisotopic (exact) mass is 625 g/mol. The molecule has 2 aliphatic rings. The van der Waals surface area contributed by atoms with Gasteiger partial charge in [-0.2, -0.15) is 4.98 Å². The number of anilines is 6. The van der Waals surface area contributed by atoms with Gasteiger partial charge in [-0.05, 0) is 56.9 Å². The van der Waals surface area contributed by atoms with Gasteiger partial charge in [0.25, 0.3) is 0 Å². The standard InChI is InChI=1S/C30H36ClN7O4S/c1-4-28(40)33-23-15-24(26(39)16-25(23)38-13-11-37(12-14-38)18-20-9-10-20)35-30-32-17-21(31)29(36-30)34-22-7-5-6-8-27(22)43(41,42)19(2)3/h4-8,15-17,19-20,39H,1,9-14,18H2,2-3H3,(H,33,40)(H2,32,34,35,36). The summed E-state index contributed by atoms with van der Waals surface area (Å²) in [6.07, 6.45) is 5.17. The Morgan fingerprint density at radius 3 is 2.51 bits per heavy atom. The van der Waals surface area contributed by atoms with E-state index in [4.69, 9.17) is 11.6 Å². The van der Waals surface area contributed by atoms with E-state index < -0.39 is 15.1 Å². The Morgan fingerprint density at radius 1 is 1.12 bits per heavy atom. The molecule has 228 valence electrons. The van der Waals surface area contributed by atoms with Crippen molar-refractivity contribution >= 4 is 61.9 Å². The van der Waals surface area contributed by atoms with E-state index in [0.29, 0.717) is 17.1 Å². The molecule has 5 rings (SSSR count). The van der Waals surface area contributed by atoms with Crippen molar-refractivity contribution in [3.05, 3.63) is 60.3 Å². The van der Waals surface area contributed by atoms with Crippen LogP contribution in [0.5, 0.6) is 5.75 Å². The Labute approximate surface area is 256 Å². The Bertz CT molecular complexity index is 1620. The van der Waals surface area contributed by atoms with Crippen LogP contribution >= 0.6 is 11.6 Å². The molecule has 13 heteroatoms. The molecule has 2 aromatic carbocycles. The number of amides is 1. The topological polar surface area (TPSA) is 140 Å². The van der Waals surface area contributed by atoms with E-state index in [2.05, 4.69) is 42.3 Å². The third-order valence-electron chi connectivity index (χ3n) is 7.54. The van der Waals surface area contributed by atoms with Crippen LogP contribution in [0.15, 0.2) is 60.1 Å². The van der Waals surface area contributed by atoms with Gasteiger partial charge in [-0.3, -0.25) is 9.69 Å². The van der Waals surface area contributed by atoms with Crippen LogP contribution in [-0.4, -0.2) is 72.3 Å². The number of carbonyl (C=O) groups excluding carboxylic acids is 1. The zero-order valence-corrected chi connectivity index (χ0v) is 25.7. The summed E-state index contributed by atoms with van der Waals surface area (Å²) in [5.74, 6) is 0.639. The van der Waals surface area contributed by atoms with Crippen molar-refractivity contribution in [3.8, 4) is 5.75 Å². The molecule has 1 aliphatic carbocycles. The summed E-state index contributed by atoms with van der Waals surface area (Å²) in [6.45, 7) is 11.2. The number of para-hydroxylation sites is 1. The first-order chi connectivity index (χ1) is 20.5. The van der Waals surface area contributed by atoms with Gasteiger partial charge in [0.15, 0.2) is 15.7 Å². The predicted molar refractivity (Wildman–Crippen MR) is 171 cm³/mol. The molecule has 2 fully saturated rings. The molecule has 0 bridgehead atoms. The molecule has 0 unspecified atom stereocenters. The lowest BCUT2D eigenvalue weighted by Crippen LogP contribution is -2.47. The van der Waals surface area contributed by atoms with Crippen molar-refractivity contribution in [1.29, 1.82) is 0 Å². The van der Waals surface area contributed by atoms with Crippen LogP contribution < -0.4 is 20.9 Å². The van der Waals surface area contributed by atoms with Gasteiger partial charge in [0, 0.05) is 38.8 Å². The van der Waals surface area contributed by atoms with Crippen molar-refractivity contribution in [2.24, 2.45) is 5.92 Å². The normalized spacial score (nSPS) is 15.8. The molecule has 0 radical (unpaired) electrons. The molecule has 3 aromatic rings. The third kappa shape index (κ3) is 7.20. The van der Waals surface area contributed by atoms with Gasteiger partial charge in [-0.15, -0.1) is 0 Å². The highest BCUT2D eigenvalue weighted by Gasteiger charge is 2.28. The summed E-state index contributed by atoms with van der Waals surface area (Å²) >= 11 is 6.38. The summed E-state index contributed by atoms with van der Waals surface area (Å²) in [4.78, 5) is 25.7. The first-order valence-electron chi connectivity index (χ1n) is 14.2. The quantitative estimate of drug-likeness (QED) is 0.128. The summed E-state index contributed by atoms with van der Waals surface area (Å²) in [6, 6.07) is 9.75. The van der Waals surface area contributed by atoms with Gasteiger partial charge >= 0.3 is 0 Å². The molecule has 1 amide bonds. The number of hydrogen-bond donors (Lipinski definition) is 4. The van der Waals surface area contributed by atoms with E-state index in [1.54, 1.807) is 44.2 Å². The Morgan fingerprint density at radius 2 is 1.84 bits per heavy atom. The smallest absolute Gasteiger partial charge is 0.247 e. The molecule has 2 heterocycles. The average molecular weight is 626 g/mol. The fourth-order valence-corrected chi connectivity index (χ4v) is 6.23. The van der Waals surface area contributed by atoms with E-state index in [0.717, 1.165) is 38.6 Å². The molecule has 1 saturated carbocycles. The molecular weight excluding hydrogens is 590 g/mol.